The lowest BCUT2D eigenvalue weighted by Gasteiger charge is -2.40. The second-order valence-electron chi connectivity index (χ2n) is 28.9. The summed E-state index contributed by atoms with van der Waals surface area (Å²) in [5, 5.41) is 23.7. The Morgan fingerprint density at radius 1 is 0.516 bits per heavy atom. The molecule has 1 aromatic rings. The number of rotatable bonds is 19. The summed E-state index contributed by atoms with van der Waals surface area (Å²) < 4.78 is 5.92. The van der Waals surface area contributed by atoms with Crippen molar-refractivity contribution in [3.8, 4) is 0 Å². The van der Waals surface area contributed by atoms with Crippen molar-refractivity contribution in [2.24, 2.45) is 47.3 Å². The van der Waals surface area contributed by atoms with Gasteiger partial charge in [0.25, 0.3) is 5.91 Å². The van der Waals surface area contributed by atoms with E-state index >= 15 is 14.4 Å². The zero-order valence-corrected chi connectivity index (χ0v) is 60.7. The number of carbonyl (C=O) groups is 11. The molecule has 2 heterocycles. The van der Waals surface area contributed by atoms with E-state index < -0.39 is 156 Å². The van der Waals surface area contributed by atoms with Crippen LogP contribution in [0.4, 0.5) is 0 Å². The van der Waals surface area contributed by atoms with Crippen molar-refractivity contribution in [3.05, 3.63) is 29.6 Å². The van der Waals surface area contributed by atoms with E-state index in [1.165, 1.54) is 68.8 Å². The number of cyclic esters (lactones) is 1. The Labute approximate surface area is 555 Å². The van der Waals surface area contributed by atoms with Crippen molar-refractivity contribution >= 4 is 65.0 Å². The van der Waals surface area contributed by atoms with Crippen molar-refractivity contribution in [2.75, 3.05) is 48.8 Å². The Balaban J connectivity index is 3.00. The second-order valence-corrected chi connectivity index (χ2v) is 28.9. The molecule has 0 saturated carbocycles. The first kappa shape index (κ1) is 82.4. The molecular weight excluding hydrogens is 1190 g/mol. The number of hydrogen-bond donors (Lipinski definition) is 5. The molecular formula is C69H119N11O13. The minimum atomic E-state index is -1.64. The highest BCUT2D eigenvalue weighted by molar-refractivity contribution is 5.99. The maximum Gasteiger partial charge on any atom is 0.329 e. The largest absolute Gasteiger partial charge is 0.450 e. The van der Waals surface area contributed by atoms with Crippen molar-refractivity contribution in [3.63, 3.8) is 0 Å². The van der Waals surface area contributed by atoms with Crippen LogP contribution in [0.1, 0.15) is 180 Å². The minimum Gasteiger partial charge on any atom is -0.450 e. The minimum absolute atomic E-state index is 0.0102. The lowest BCUT2D eigenvalue weighted by molar-refractivity contribution is -0.166. The summed E-state index contributed by atoms with van der Waals surface area (Å²) in [7, 11) is 8.43. The number of aromatic nitrogens is 1. The van der Waals surface area contributed by atoms with Gasteiger partial charge in [0.05, 0.1) is 12.6 Å². The summed E-state index contributed by atoms with van der Waals surface area (Å²) in [5.74, 6) is -10.7. The van der Waals surface area contributed by atoms with E-state index in [-0.39, 0.29) is 68.1 Å². The van der Waals surface area contributed by atoms with Crippen molar-refractivity contribution < 1.29 is 62.6 Å². The third kappa shape index (κ3) is 24.5. The molecule has 0 aromatic carbocycles. The van der Waals surface area contributed by atoms with Gasteiger partial charge in [-0.15, -0.1) is 0 Å². The molecule has 24 heteroatoms. The van der Waals surface area contributed by atoms with Crippen LogP contribution in [-0.2, 0) is 63.9 Å². The highest BCUT2D eigenvalue weighted by atomic mass is 16.6. The van der Waals surface area contributed by atoms with Gasteiger partial charge in [0.2, 0.25) is 53.2 Å². The standard InChI is InChI=1S/C69H119N11O13/c1-25-49-64(87)75(19)37-55(81)76(20)52(34-40(6)7)61(84)73-50(32-38(2)3)65(88)77(21)53(35-41(8)9)60(83)71-47(18)69(92)93-59(44(14)15)68(91)78(22)54(36-42(10)11)62(85)74-51(33-39(4)5)66(89)79(23)56(43(12)13)67(90)80(24)57(63(86)72-49)58(82)45(16)28-26-30-48-31-27-29-46(17)70-48/h27,29,31,38-45,47,49-54,56-59,82H,25-26,28,30,32-37H2,1-24H3,(H,71,83)(H,72,86)(H,73,84)(H,74,85)/t45-,47+,49+,50+,51+,52+,53+,54+,56+,57+,58-,59-/m1/s1. The fraction of sp³-hybridized carbons (Fsp3) is 0.768. The number of carbonyl (C=O) groups excluding carboxylic acids is 11. The molecule has 12 atom stereocenters. The number of nitrogens with zero attached hydrogens (tertiary/aromatic N) is 7. The number of aryl methyl sites for hydroxylation is 2. The van der Waals surface area contributed by atoms with Crippen LogP contribution in [0.15, 0.2) is 18.2 Å². The maximum atomic E-state index is 15.3. The number of esters is 1. The third-order valence-corrected chi connectivity index (χ3v) is 17.3. The van der Waals surface area contributed by atoms with Crippen LogP contribution in [0.3, 0.4) is 0 Å². The molecule has 528 valence electrons. The Bertz CT molecular complexity index is 2680. The van der Waals surface area contributed by atoms with Crippen LogP contribution in [-0.4, -0.2) is 220 Å². The summed E-state index contributed by atoms with van der Waals surface area (Å²) in [6.07, 6.45) is -0.839. The number of aliphatic hydroxyl groups is 1. The smallest absolute Gasteiger partial charge is 0.329 e. The van der Waals surface area contributed by atoms with Crippen LogP contribution >= 0.6 is 0 Å². The monoisotopic (exact) mass is 1310 g/mol. The topological polar surface area (TPSA) is 298 Å². The number of aliphatic hydroxyl groups excluding tert-OH is 1. The van der Waals surface area contributed by atoms with Crippen molar-refractivity contribution in [2.45, 2.75) is 249 Å². The van der Waals surface area contributed by atoms with E-state index in [0.717, 1.165) is 21.2 Å². The van der Waals surface area contributed by atoms with Crippen LogP contribution in [0.5, 0.6) is 0 Å². The fourth-order valence-corrected chi connectivity index (χ4v) is 11.8. The fourth-order valence-electron chi connectivity index (χ4n) is 11.8. The van der Waals surface area contributed by atoms with E-state index in [9.17, 15) is 43.5 Å². The molecule has 0 unspecified atom stereocenters. The SMILES string of the molecule is CC[C@@H]1NC(=O)[C@H]([C@H](O)[C@H](C)CCCc2cccc(C)n2)N(C)C(=O)[C@H](C(C)C)N(C)C(=O)[C@H](CC(C)C)NC(=O)[C@H](CC(C)C)N(C)C(=O)[C@@H](C(C)C)OC(=O)[C@H](C)NC(=O)[C@H](CC(C)C)N(C)C(=O)[C@H](CC(C)C)NC(=O)[C@H](CC(C)C)N(C)C(=O)CN(C)C1=O. The summed E-state index contributed by atoms with van der Waals surface area (Å²) >= 11 is 0. The zero-order chi connectivity index (χ0) is 71.4. The van der Waals surface area contributed by atoms with Gasteiger partial charge in [0.15, 0.2) is 6.10 Å². The van der Waals surface area contributed by atoms with E-state index in [0.29, 0.717) is 19.3 Å². The van der Waals surface area contributed by atoms with Crippen LogP contribution in [0, 0.1) is 54.3 Å². The Morgan fingerprint density at radius 3 is 1.39 bits per heavy atom. The molecule has 1 aliphatic heterocycles. The quantitative estimate of drug-likeness (QED) is 0.112. The first-order chi connectivity index (χ1) is 43.1. The summed E-state index contributed by atoms with van der Waals surface area (Å²) in [5.41, 5.74) is 1.68. The molecule has 0 radical (unpaired) electrons. The first-order valence-electron chi connectivity index (χ1n) is 33.7. The molecule has 1 fully saturated rings. The Hall–Kier alpha value is -6.72. The summed E-state index contributed by atoms with van der Waals surface area (Å²) in [4.78, 5) is 174. The molecule has 24 nitrogen and oxygen atoms in total. The molecule has 2 rings (SSSR count). The second kappa shape index (κ2) is 38.0. The van der Waals surface area contributed by atoms with Crippen LogP contribution < -0.4 is 21.3 Å². The van der Waals surface area contributed by atoms with E-state index in [4.69, 9.17) is 4.74 Å². The van der Waals surface area contributed by atoms with E-state index in [2.05, 4.69) is 26.3 Å². The maximum absolute atomic E-state index is 15.3. The van der Waals surface area contributed by atoms with Gasteiger partial charge in [0, 0.05) is 53.7 Å². The average Bonchev–Trinajstić information content (AvgIpc) is 0.825. The average molecular weight is 1310 g/mol. The third-order valence-electron chi connectivity index (χ3n) is 17.3. The predicted molar refractivity (Wildman–Crippen MR) is 358 cm³/mol. The normalized spacial score (nSPS) is 25.4. The van der Waals surface area contributed by atoms with Gasteiger partial charge >= 0.3 is 5.97 Å². The van der Waals surface area contributed by atoms with Gasteiger partial charge in [-0.3, -0.25) is 52.9 Å². The molecule has 0 bridgehead atoms. The van der Waals surface area contributed by atoms with E-state index in [1.54, 1.807) is 41.5 Å². The molecule has 1 aromatic heterocycles. The van der Waals surface area contributed by atoms with Crippen LogP contribution in [0.2, 0.25) is 0 Å². The Kier molecular flexibility index (Phi) is 33.6. The molecule has 93 heavy (non-hydrogen) atoms. The van der Waals surface area contributed by atoms with Crippen molar-refractivity contribution in [1.29, 1.82) is 0 Å². The molecule has 1 aliphatic rings. The summed E-state index contributed by atoms with van der Waals surface area (Å²) in [6.45, 7) is 31.5. The predicted octanol–water partition coefficient (Wildman–Crippen LogP) is 5.14. The molecule has 0 spiro atoms. The lowest BCUT2D eigenvalue weighted by Crippen LogP contribution is -2.63. The van der Waals surface area contributed by atoms with Gasteiger partial charge in [-0.25, -0.2) is 4.79 Å². The van der Waals surface area contributed by atoms with Gasteiger partial charge in [-0.1, -0.05) is 117 Å². The van der Waals surface area contributed by atoms with Gasteiger partial charge in [-0.2, -0.15) is 0 Å². The number of likely N-dealkylation sites (N-methyl/N-ethyl adjacent to an activating group) is 6. The molecule has 0 aliphatic carbocycles. The molecule has 1 saturated heterocycles. The highest BCUT2D eigenvalue weighted by Crippen LogP contribution is 2.26. The highest BCUT2D eigenvalue weighted by Gasteiger charge is 2.45. The number of nitrogens with one attached hydrogen (secondary N) is 4. The van der Waals surface area contributed by atoms with Crippen molar-refractivity contribution in [1.82, 2.24) is 55.7 Å². The number of pyridine rings is 1. The van der Waals surface area contributed by atoms with Gasteiger partial charge in [0.1, 0.15) is 54.4 Å². The number of hydrogen-bond acceptors (Lipinski definition) is 14. The zero-order valence-electron chi connectivity index (χ0n) is 60.7. The number of amides is 10. The van der Waals surface area contributed by atoms with Gasteiger partial charge < -0.3 is 60.5 Å². The Morgan fingerprint density at radius 2 is 0.946 bits per heavy atom. The first-order valence-corrected chi connectivity index (χ1v) is 33.7. The van der Waals surface area contributed by atoms with E-state index in [1.807, 2.05) is 94.4 Å². The molecule has 10 amide bonds. The molecule has 5 N–H and O–H groups in total. The summed E-state index contributed by atoms with van der Waals surface area (Å²) in [6, 6.07) is -5.83. The van der Waals surface area contributed by atoms with Gasteiger partial charge in [-0.05, 0) is 131 Å². The van der Waals surface area contributed by atoms with Crippen LogP contribution in [0.25, 0.3) is 0 Å². The lowest BCUT2D eigenvalue weighted by atomic mass is 9.90. The number of ether oxygens (including phenoxy) is 1.